The molecule has 0 aliphatic carbocycles. The highest BCUT2D eigenvalue weighted by Gasteiger charge is 2.33. The molecule has 9 heteroatoms. The van der Waals surface area contributed by atoms with Crippen LogP contribution in [-0.4, -0.2) is 22.7 Å². The maximum atomic E-state index is 13.1. The molecule has 35 heavy (non-hydrogen) atoms. The summed E-state index contributed by atoms with van der Waals surface area (Å²) in [5.74, 6) is -0.0419. The molecule has 1 N–H and O–H groups in total. The molecule has 0 unspecified atom stereocenters. The quantitative estimate of drug-likeness (QED) is 0.267. The Morgan fingerprint density at radius 2 is 1.80 bits per heavy atom. The van der Waals surface area contributed by atoms with Gasteiger partial charge in [-0.25, -0.2) is 0 Å². The standard InChI is InChI=1S/C26H20Cl2N2O3S2/c1-15-6-7-21(8-16(15)2)30-25(32)23(35-26(30)34)10-17-4-3-5-22(9-17)33-14-24(31)29-20-12-18(27)11-19(28)13-20/h3-13H,14H2,1-2H3,(H,29,31)/b23-10-. The Bertz CT molecular complexity index is 1350. The van der Waals surface area contributed by atoms with Crippen LogP contribution in [0.1, 0.15) is 16.7 Å². The van der Waals surface area contributed by atoms with Crippen LogP contribution in [0.3, 0.4) is 0 Å². The summed E-state index contributed by atoms with van der Waals surface area (Å²) < 4.78 is 6.11. The van der Waals surface area contributed by atoms with Crippen molar-refractivity contribution in [1.29, 1.82) is 0 Å². The number of thioether (sulfide) groups is 1. The van der Waals surface area contributed by atoms with Gasteiger partial charge in [0.25, 0.3) is 11.8 Å². The normalized spacial score (nSPS) is 14.5. The van der Waals surface area contributed by atoms with Crippen molar-refractivity contribution in [1.82, 2.24) is 0 Å². The summed E-state index contributed by atoms with van der Waals surface area (Å²) in [5, 5.41) is 3.53. The van der Waals surface area contributed by atoms with Crippen LogP contribution in [0.4, 0.5) is 11.4 Å². The van der Waals surface area contributed by atoms with E-state index < -0.39 is 0 Å². The maximum absolute atomic E-state index is 13.1. The van der Waals surface area contributed by atoms with Crippen LogP contribution < -0.4 is 15.0 Å². The second-order valence-electron chi connectivity index (χ2n) is 7.85. The van der Waals surface area contributed by atoms with E-state index in [0.29, 0.717) is 30.7 Å². The Balaban J connectivity index is 1.43. The number of rotatable bonds is 6. The molecular formula is C26H20Cl2N2O3S2. The molecule has 1 heterocycles. The predicted octanol–water partition coefficient (Wildman–Crippen LogP) is 7.03. The van der Waals surface area contributed by atoms with Crippen LogP contribution in [-0.2, 0) is 9.59 Å². The van der Waals surface area contributed by atoms with Gasteiger partial charge in [-0.05, 0) is 79.1 Å². The molecule has 1 saturated heterocycles. The molecule has 0 saturated carbocycles. The van der Waals surface area contributed by atoms with Gasteiger partial charge in [-0.1, -0.05) is 65.4 Å². The van der Waals surface area contributed by atoms with Crippen molar-refractivity contribution in [3.63, 3.8) is 0 Å². The van der Waals surface area contributed by atoms with Crippen molar-refractivity contribution >= 4 is 80.8 Å². The van der Waals surface area contributed by atoms with Gasteiger partial charge in [0.2, 0.25) is 0 Å². The Hall–Kier alpha value is -2.84. The Morgan fingerprint density at radius 3 is 2.51 bits per heavy atom. The first-order valence-corrected chi connectivity index (χ1v) is 12.5. The van der Waals surface area contributed by atoms with Crippen LogP contribution >= 0.6 is 47.2 Å². The van der Waals surface area contributed by atoms with E-state index in [1.807, 2.05) is 38.1 Å². The molecule has 4 rings (SSSR count). The SMILES string of the molecule is Cc1ccc(N2C(=O)/C(=C/c3cccc(OCC(=O)Nc4cc(Cl)cc(Cl)c4)c3)SC2=S)cc1C. The number of hydrogen-bond acceptors (Lipinski definition) is 5. The van der Waals surface area contributed by atoms with Gasteiger partial charge in [-0.2, -0.15) is 0 Å². The lowest BCUT2D eigenvalue weighted by Gasteiger charge is -2.15. The summed E-state index contributed by atoms with van der Waals surface area (Å²) in [5.41, 5.74) is 4.23. The Labute approximate surface area is 223 Å². The molecule has 0 bridgehead atoms. The minimum Gasteiger partial charge on any atom is -0.484 e. The van der Waals surface area contributed by atoms with Crippen molar-refractivity contribution in [3.05, 3.63) is 92.3 Å². The molecule has 5 nitrogen and oxygen atoms in total. The number of nitrogens with zero attached hydrogens (tertiary/aromatic N) is 1. The van der Waals surface area contributed by atoms with E-state index in [1.165, 1.54) is 11.8 Å². The first-order valence-electron chi connectivity index (χ1n) is 10.5. The van der Waals surface area contributed by atoms with Crippen LogP contribution in [0, 0.1) is 13.8 Å². The van der Waals surface area contributed by atoms with Crippen molar-refractivity contribution in [2.45, 2.75) is 13.8 Å². The third-order valence-corrected chi connectivity index (χ3v) is 6.95. The van der Waals surface area contributed by atoms with Gasteiger partial charge in [-0.15, -0.1) is 0 Å². The van der Waals surface area contributed by atoms with E-state index in [2.05, 4.69) is 5.32 Å². The van der Waals surface area contributed by atoms with E-state index in [0.717, 1.165) is 22.4 Å². The number of nitrogens with one attached hydrogen (secondary N) is 1. The molecule has 1 fully saturated rings. The number of carbonyl (C=O) groups excluding carboxylic acids is 2. The van der Waals surface area contributed by atoms with Gasteiger partial charge in [0.15, 0.2) is 10.9 Å². The minimum atomic E-state index is -0.358. The molecule has 3 aromatic rings. The van der Waals surface area contributed by atoms with E-state index in [-0.39, 0.29) is 18.4 Å². The van der Waals surface area contributed by atoms with Crippen molar-refractivity contribution in [3.8, 4) is 5.75 Å². The lowest BCUT2D eigenvalue weighted by atomic mass is 10.1. The molecule has 1 aliphatic heterocycles. The summed E-state index contributed by atoms with van der Waals surface area (Å²) in [6.07, 6.45) is 1.77. The average Bonchev–Trinajstić information content (AvgIpc) is 3.06. The van der Waals surface area contributed by atoms with Gasteiger partial charge in [0.05, 0.1) is 10.6 Å². The highest BCUT2D eigenvalue weighted by molar-refractivity contribution is 8.27. The summed E-state index contributed by atoms with van der Waals surface area (Å²) in [7, 11) is 0. The first kappa shape index (κ1) is 25.3. The number of aryl methyl sites for hydroxylation is 2. The van der Waals surface area contributed by atoms with E-state index >= 15 is 0 Å². The minimum absolute atomic E-state index is 0.172. The van der Waals surface area contributed by atoms with E-state index in [1.54, 1.807) is 47.4 Å². The van der Waals surface area contributed by atoms with Gasteiger partial charge in [0.1, 0.15) is 5.75 Å². The Kier molecular flexibility index (Phi) is 7.82. The summed E-state index contributed by atoms with van der Waals surface area (Å²) in [4.78, 5) is 27.4. The largest absolute Gasteiger partial charge is 0.484 e. The highest BCUT2D eigenvalue weighted by atomic mass is 35.5. The lowest BCUT2D eigenvalue weighted by Crippen LogP contribution is -2.27. The first-order chi connectivity index (χ1) is 16.7. The van der Waals surface area contributed by atoms with E-state index in [4.69, 9.17) is 40.2 Å². The monoisotopic (exact) mass is 542 g/mol. The number of carbonyl (C=O) groups is 2. The van der Waals surface area contributed by atoms with Gasteiger partial charge in [0, 0.05) is 15.7 Å². The highest BCUT2D eigenvalue weighted by Crippen LogP contribution is 2.36. The smallest absolute Gasteiger partial charge is 0.270 e. The number of hydrogen-bond donors (Lipinski definition) is 1. The third kappa shape index (κ3) is 6.24. The fourth-order valence-corrected chi connectivity index (χ4v) is 5.20. The second kappa shape index (κ2) is 10.8. The number of thiocarbonyl (C=S) groups is 1. The van der Waals surface area contributed by atoms with Crippen LogP contribution in [0.2, 0.25) is 10.0 Å². The maximum Gasteiger partial charge on any atom is 0.270 e. The molecule has 0 atom stereocenters. The summed E-state index contributed by atoms with van der Waals surface area (Å²) in [6, 6.07) is 17.7. The zero-order chi connectivity index (χ0) is 25.1. The number of anilines is 2. The van der Waals surface area contributed by atoms with E-state index in [9.17, 15) is 9.59 Å². The van der Waals surface area contributed by atoms with Crippen molar-refractivity contribution in [2.75, 3.05) is 16.8 Å². The van der Waals surface area contributed by atoms with Crippen LogP contribution in [0.15, 0.2) is 65.6 Å². The number of ether oxygens (including phenoxy) is 1. The molecular weight excluding hydrogens is 523 g/mol. The van der Waals surface area contributed by atoms with Crippen molar-refractivity contribution in [2.24, 2.45) is 0 Å². The van der Waals surface area contributed by atoms with Gasteiger partial charge in [-0.3, -0.25) is 14.5 Å². The van der Waals surface area contributed by atoms with Gasteiger partial charge >= 0.3 is 0 Å². The topological polar surface area (TPSA) is 58.6 Å². The summed E-state index contributed by atoms with van der Waals surface area (Å²) >= 11 is 18.6. The molecule has 178 valence electrons. The van der Waals surface area contributed by atoms with Crippen molar-refractivity contribution < 1.29 is 14.3 Å². The Morgan fingerprint density at radius 1 is 1.06 bits per heavy atom. The molecule has 0 spiro atoms. The predicted molar refractivity (Wildman–Crippen MR) is 149 cm³/mol. The fourth-order valence-electron chi connectivity index (χ4n) is 3.37. The second-order valence-corrected chi connectivity index (χ2v) is 10.4. The van der Waals surface area contributed by atoms with Crippen LogP contribution in [0.5, 0.6) is 5.75 Å². The zero-order valence-electron chi connectivity index (χ0n) is 18.8. The number of halogens is 2. The lowest BCUT2D eigenvalue weighted by molar-refractivity contribution is -0.118. The number of amides is 2. The van der Waals surface area contributed by atoms with Crippen LogP contribution in [0.25, 0.3) is 6.08 Å². The summed E-state index contributed by atoms with van der Waals surface area (Å²) in [6.45, 7) is 3.82. The molecule has 0 aromatic heterocycles. The van der Waals surface area contributed by atoms with Gasteiger partial charge < -0.3 is 10.1 Å². The average molecular weight is 543 g/mol. The zero-order valence-corrected chi connectivity index (χ0v) is 21.9. The molecule has 3 aromatic carbocycles. The molecule has 2 amide bonds. The molecule has 1 aliphatic rings. The molecule has 0 radical (unpaired) electrons. The fraction of sp³-hybridized carbons (Fsp3) is 0.115. The third-order valence-electron chi connectivity index (χ3n) is 5.21. The number of benzene rings is 3.